The minimum Gasteiger partial charge on any atom is -0.309 e. The van der Waals surface area contributed by atoms with E-state index in [1.807, 2.05) is 43.7 Å². The van der Waals surface area contributed by atoms with Gasteiger partial charge in [-0.3, -0.25) is 4.79 Å². The van der Waals surface area contributed by atoms with Gasteiger partial charge in [-0.1, -0.05) is 23.9 Å². The number of thioether (sulfide) groups is 1. The number of carbonyl (C=O) groups is 1. The van der Waals surface area contributed by atoms with Crippen molar-refractivity contribution in [3.63, 3.8) is 0 Å². The van der Waals surface area contributed by atoms with Crippen LogP contribution >= 0.6 is 11.8 Å². The topological polar surface area (TPSA) is 81.9 Å². The SMILES string of the molecule is Cc1ccc(C(=O)CSc2nnc([C@@H]3CCS(=O)(=O)C3)n2C)cc1C. The highest BCUT2D eigenvalue weighted by Crippen LogP contribution is 2.29. The molecule has 25 heavy (non-hydrogen) atoms. The molecule has 0 unspecified atom stereocenters. The van der Waals surface area contributed by atoms with E-state index in [0.717, 1.165) is 11.1 Å². The molecular weight excluding hydrogens is 358 g/mol. The summed E-state index contributed by atoms with van der Waals surface area (Å²) in [4.78, 5) is 12.4. The smallest absolute Gasteiger partial charge is 0.191 e. The monoisotopic (exact) mass is 379 g/mol. The van der Waals surface area contributed by atoms with Crippen LogP contribution in [0.1, 0.15) is 39.6 Å². The van der Waals surface area contributed by atoms with Crippen molar-refractivity contribution < 1.29 is 13.2 Å². The molecule has 1 aromatic carbocycles. The highest BCUT2D eigenvalue weighted by atomic mass is 32.2. The van der Waals surface area contributed by atoms with Gasteiger partial charge in [0.1, 0.15) is 5.82 Å². The Bertz CT molecular complexity index is 919. The molecule has 1 aromatic heterocycles. The molecule has 0 aliphatic carbocycles. The Hall–Kier alpha value is -1.67. The summed E-state index contributed by atoms with van der Waals surface area (Å²) < 4.78 is 25.1. The van der Waals surface area contributed by atoms with Crippen molar-refractivity contribution in [2.24, 2.45) is 7.05 Å². The normalized spacial score (nSPS) is 19.2. The zero-order valence-corrected chi connectivity index (χ0v) is 16.2. The summed E-state index contributed by atoms with van der Waals surface area (Å²) in [5.41, 5.74) is 2.95. The van der Waals surface area contributed by atoms with E-state index in [4.69, 9.17) is 0 Å². The van der Waals surface area contributed by atoms with Gasteiger partial charge in [-0.15, -0.1) is 10.2 Å². The lowest BCUT2D eigenvalue weighted by Gasteiger charge is -2.08. The largest absolute Gasteiger partial charge is 0.309 e. The second-order valence-electron chi connectivity index (χ2n) is 6.51. The Balaban J connectivity index is 1.68. The number of aromatic nitrogens is 3. The standard InChI is InChI=1S/C17H21N3O3S2/c1-11-4-5-13(8-12(11)2)15(21)9-24-17-19-18-16(20(17)3)14-6-7-25(22,23)10-14/h4-5,8,14H,6-7,9-10H2,1-3H3/t14-/m1/s1. The molecule has 1 saturated heterocycles. The van der Waals surface area contributed by atoms with Crippen LogP contribution in [-0.2, 0) is 16.9 Å². The number of hydrogen-bond donors (Lipinski definition) is 0. The summed E-state index contributed by atoms with van der Waals surface area (Å²) in [7, 11) is -1.14. The maximum Gasteiger partial charge on any atom is 0.191 e. The number of aryl methyl sites for hydroxylation is 2. The van der Waals surface area contributed by atoms with E-state index in [-0.39, 0.29) is 29.0 Å². The van der Waals surface area contributed by atoms with Crippen LogP contribution in [0.2, 0.25) is 0 Å². The number of ketones is 1. The van der Waals surface area contributed by atoms with Gasteiger partial charge in [0.05, 0.1) is 17.3 Å². The van der Waals surface area contributed by atoms with Gasteiger partial charge in [0.15, 0.2) is 20.8 Å². The summed E-state index contributed by atoms with van der Waals surface area (Å²) in [6.45, 7) is 4.01. The van der Waals surface area contributed by atoms with E-state index in [2.05, 4.69) is 10.2 Å². The van der Waals surface area contributed by atoms with Gasteiger partial charge in [0, 0.05) is 18.5 Å². The number of Topliss-reactive ketones (excluding diaryl/α,β-unsaturated/α-hetero) is 1. The minimum absolute atomic E-state index is 0.0427. The highest BCUT2D eigenvalue weighted by molar-refractivity contribution is 7.99. The van der Waals surface area contributed by atoms with Crippen molar-refractivity contribution >= 4 is 27.4 Å². The fraction of sp³-hybridized carbons (Fsp3) is 0.471. The number of hydrogen-bond acceptors (Lipinski definition) is 6. The summed E-state index contributed by atoms with van der Waals surface area (Å²) in [5, 5.41) is 8.93. The molecule has 8 heteroatoms. The first-order chi connectivity index (χ1) is 11.8. The summed E-state index contributed by atoms with van der Waals surface area (Å²) in [6.07, 6.45) is 0.584. The van der Waals surface area contributed by atoms with E-state index in [1.165, 1.54) is 11.8 Å². The lowest BCUT2D eigenvalue weighted by molar-refractivity contribution is 0.102. The molecule has 1 atom stereocenters. The van der Waals surface area contributed by atoms with E-state index in [9.17, 15) is 13.2 Å². The molecule has 2 aromatic rings. The number of nitrogens with zero attached hydrogens (tertiary/aromatic N) is 3. The zero-order chi connectivity index (χ0) is 18.2. The van der Waals surface area contributed by atoms with Gasteiger partial charge in [-0.25, -0.2) is 8.42 Å². The van der Waals surface area contributed by atoms with Gasteiger partial charge in [-0.05, 0) is 37.5 Å². The van der Waals surface area contributed by atoms with Crippen LogP contribution in [0, 0.1) is 13.8 Å². The average molecular weight is 380 g/mol. The van der Waals surface area contributed by atoms with Crippen molar-refractivity contribution in [1.29, 1.82) is 0 Å². The van der Waals surface area contributed by atoms with Gasteiger partial charge in [0.25, 0.3) is 0 Å². The Morgan fingerprint density at radius 3 is 2.68 bits per heavy atom. The van der Waals surface area contributed by atoms with Crippen LogP contribution in [-0.4, -0.2) is 46.2 Å². The van der Waals surface area contributed by atoms with E-state index >= 15 is 0 Å². The molecule has 0 radical (unpaired) electrons. The third-order valence-corrected chi connectivity index (χ3v) is 7.42. The molecular formula is C17H21N3O3S2. The second-order valence-corrected chi connectivity index (χ2v) is 9.68. The molecule has 3 rings (SSSR count). The molecule has 0 amide bonds. The fourth-order valence-corrected chi connectivity index (χ4v) is 5.49. The Morgan fingerprint density at radius 1 is 1.28 bits per heavy atom. The maximum absolute atomic E-state index is 12.4. The quantitative estimate of drug-likeness (QED) is 0.586. The molecule has 0 bridgehead atoms. The Morgan fingerprint density at radius 2 is 2.04 bits per heavy atom. The van der Waals surface area contributed by atoms with Crippen LogP contribution in [0.5, 0.6) is 0 Å². The second kappa shape index (κ2) is 6.92. The third-order valence-electron chi connectivity index (χ3n) is 4.63. The molecule has 134 valence electrons. The number of carbonyl (C=O) groups excluding carboxylic acids is 1. The first-order valence-electron chi connectivity index (χ1n) is 8.10. The van der Waals surface area contributed by atoms with Gasteiger partial charge >= 0.3 is 0 Å². The van der Waals surface area contributed by atoms with Gasteiger partial charge < -0.3 is 4.57 Å². The first-order valence-corrected chi connectivity index (χ1v) is 10.9. The molecule has 2 heterocycles. The average Bonchev–Trinajstić information content (AvgIpc) is 3.10. The lowest BCUT2D eigenvalue weighted by Crippen LogP contribution is -2.09. The third kappa shape index (κ3) is 3.95. The van der Waals surface area contributed by atoms with Crippen LogP contribution in [0.15, 0.2) is 23.4 Å². The van der Waals surface area contributed by atoms with Crippen LogP contribution in [0.25, 0.3) is 0 Å². The van der Waals surface area contributed by atoms with Crippen LogP contribution < -0.4 is 0 Å². The molecule has 1 fully saturated rings. The lowest BCUT2D eigenvalue weighted by atomic mass is 10.0. The Labute approximate surface area is 152 Å². The minimum atomic E-state index is -2.96. The first kappa shape index (κ1) is 18.1. The van der Waals surface area contributed by atoms with E-state index in [0.29, 0.717) is 23.0 Å². The van der Waals surface area contributed by atoms with Crippen molar-refractivity contribution in [2.75, 3.05) is 17.3 Å². The molecule has 1 aliphatic heterocycles. The molecule has 0 N–H and O–H groups in total. The van der Waals surface area contributed by atoms with Crippen molar-refractivity contribution in [3.8, 4) is 0 Å². The molecule has 0 saturated carbocycles. The van der Waals surface area contributed by atoms with E-state index < -0.39 is 9.84 Å². The summed E-state index contributed by atoms with van der Waals surface area (Å²) in [6, 6.07) is 5.70. The van der Waals surface area contributed by atoms with Crippen LogP contribution in [0.3, 0.4) is 0 Å². The van der Waals surface area contributed by atoms with Crippen molar-refractivity contribution in [2.45, 2.75) is 31.3 Å². The fourth-order valence-electron chi connectivity index (χ4n) is 2.93. The number of sulfone groups is 1. The number of rotatable bonds is 5. The molecule has 0 spiro atoms. The molecule has 6 nitrogen and oxygen atoms in total. The van der Waals surface area contributed by atoms with Gasteiger partial charge in [-0.2, -0.15) is 0 Å². The van der Waals surface area contributed by atoms with Crippen molar-refractivity contribution in [1.82, 2.24) is 14.8 Å². The van der Waals surface area contributed by atoms with Crippen LogP contribution in [0.4, 0.5) is 0 Å². The predicted octanol–water partition coefficient (Wildman–Crippen LogP) is 2.31. The van der Waals surface area contributed by atoms with Crippen molar-refractivity contribution in [3.05, 3.63) is 40.7 Å². The molecule has 1 aliphatic rings. The predicted molar refractivity (Wildman–Crippen MR) is 98.0 cm³/mol. The number of benzene rings is 1. The summed E-state index contributed by atoms with van der Waals surface area (Å²) in [5.74, 6) is 1.23. The maximum atomic E-state index is 12.4. The van der Waals surface area contributed by atoms with Gasteiger partial charge in [0.2, 0.25) is 0 Å². The Kier molecular flexibility index (Phi) is 5.02. The van der Waals surface area contributed by atoms with E-state index in [1.54, 1.807) is 0 Å². The zero-order valence-electron chi connectivity index (χ0n) is 14.5. The summed E-state index contributed by atoms with van der Waals surface area (Å²) >= 11 is 1.33. The highest BCUT2D eigenvalue weighted by Gasteiger charge is 2.32.